The lowest BCUT2D eigenvalue weighted by Crippen LogP contribution is -2.30. The summed E-state index contributed by atoms with van der Waals surface area (Å²) in [6, 6.07) is 0. The summed E-state index contributed by atoms with van der Waals surface area (Å²) < 4.78 is 16.8. The number of carbonyl (C=O) groups excluding carboxylic acids is 3. The van der Waals surface area contributed by atoms with Gasteiger partial charge in [0, 0.05) is 19.3 Å². The van der Waals surface area contributed by atoms with Crippen molar-refractivity contribution in [3.05, 3.63) is 48.6 Å². The van der Waals surface area contributed by atoms with Gasteiger partial charge in [0.2, 0.25) is 0 Å². The molecule has 6 nitrogen and oxygen atoms in total. The van der Waals surface area contributed by atoms with Crippen LogP contribution in [0.2, 0.25) is 0 Å². The summed E-state index contributed by atoms with van der Waals surface area (Å²) in [5.41, 5.74) is 0. The van der Waals surface area contributed by atoms with Crippen molar-refractivity contribution < 1.29 is 28.6 Å². The number of rotatable bonds is 51. The smallest absolute Gasteiger partial charge is 0.306 e. The van der Waals surface area contributed by atoms with Crippen molar-refractivity contribution in [1.82, 2.24) is 0 Å². The highest BCUT2D eigenvalue weighted by Crippen LogP contribution is 2.16. The van der Waals surface area contributed by atoms with E-state index in [1.54, 1.807) is 0 Å². The van der Waals surface area contributed by atoms with Crippen LogP contribution in [0.4, 0.5) is 0 Å². The number of esters is 3. The Kier molecular flexibility index (Phi) is 51.8. The van der Waals surface area contributed by atoms with Crippen molar-refractivity contribution in [3.63, 3.8) is 0 Å². The molecule has 0 saturated carbocycles. The standard InChI is InChI=1S/C59H106O6/c1-4-7-10-13-16-19-22-25-28-29-32-34-37-40-43-46-49-52-58(61)64-55-56(65-59(62)53-50-47-44-41-38-35-31-27-24-21-18-15-12-9-6-3)54-63-57(60)51-48-45-42-39-36-33-30-26-23-20-17-14-11-8-5-2/h16,19,25,27-28,31-32,34,56H,4-15,17-18,20-24,26,29-30,33,35-55H2,1-3H3/b19-16-,28-25-,31-27-,34-32-/t56-/m1/s1. The first kappa shape index (κ1) is 62.4. The van der Waals surface area contributed by atoms with Gasteiger partial charge >= 0.3 is 17.9 Å². The largest absolute Gasteiger partial charge is 0.462 e. The third-order valence-electron chi connectivity index (χ3n) is 12.3. The normalized spacial score (nSPS) is 12.4. The lowest BCUT2D eigenvalue weighted by Gasteiger charge is -2.18. The molecule has 0 unspecified atom stereocenters. The van der Waals surface area contributed by atoms with E-state index in [-0.39, 0.29) is 31.1 Å². The molecule has 0 N–H and O–H groups in total. The van der Waals surface area contributed by atoms with E-state index in [9.17, 15) is 14.4 Å². The summed E-state index contributed by atoms with van der Waals surface area (Å²) in [6.45, 7) is 6.61. The molecule has 0 aliphatic carbocycles. The fourth-order valence-corrected chi connectivity index (χ4v) is 8.03. The third-order valence-corrected chi connectivity index (χ3v) is 12.3. The van der Waals surface area contributed by atoms with E-state index in [0.717, 1.165) is 96.3 Å². The Morgan fingerprint density at radius 2 is 0.554 bits per heavy atom. The Morgan fingerprint density at radius 3 is 0.908 bits per heavy atom. The second kappa shape index (κ2) is 54.0. The highest BCUT2D eigenvalue weighted by atomic mass is 16.6. The van der Waals surface area contributed by atoms with E-state index < -0.39 is 6.10 Å². The summed E-state index contributed by atoms with van der Waals surface area (Å²) >= 11 is 0. The van der Waals surface area contributed by atoms with Crippen LogP contribution >= 0.6 is 0 Å². The first-order chi connectivity index (χ1) is 32.0. The minimum Gasteiger partial charge on any atom is -0.462 e. The fraction of sp³-hybridized carbons (Fsp3) is 0.814. The molecule has 0 aromatic rings. The second-order valence-electron chi connectivity index (χ2n) is 18.8. The minimum absolute atomic E-state index is 0.0809. The van der Waals surface area contributed by atoms with Crippen LogP contribution < -0.4 is 0 Å². The van der Waals surface area contributed by atoms with Crippen molar-refractivity contribution in [1.29, 1.82) is 0 Å². The average molecular weight is 911 g/mol. The van der Waals surface area contributed by atoms with Crippen LogP contribution in [-0.2, 0) is 28.6 Å². The van der Waals surface area contributed by atoms with Crippen molar-refractivity contribution in [2.45, 2.75) is 297 Å². The molecule has 65 heavy (non-hydrogen) atoms. The highest BCUT2D eigenvalue weighted by molar-refractivity contribution is 5.71. The van der Waals surface area contributed by atoms with Gasteiger partial charge in [-0.05, 0) is 83.5 Å². The highest BCUT2D eigenvalue weighted by Gasteiger charge is 2.19. The molecule has 0 rings (SSSR count). The Hall–Kier alpha value is -2.63. The summed E-state index contributed by atoms with van der Waals surface area (Å²) in [5, 5.41) is 0. The lowest BCUT2D eigenvalue weighted by atomic mass is 10.0. The Morgan fingerprint density at radius 1 is 0.308 bits per heavy atom. The molecule has 0 aliphatic rings. The van der Waals surface area contributed by atoms with Crippen molar-refractivity contribution in [2.75, 3.05) is 13.2 Å². The first-order valence-corrected chi connectivity index (χ1v) is 28.1. The minimum atomic E-state index is -0.784. The number of carbonyl (C=O) groups is 3. The molecule has 6 heteroatoms. The van der Waals surface area contributed by atoms with Crippen LogP contribution in [0.25, 0.3) is 0 Å². The lowest BCUT2D eigenvalue weighted by molar-refractivity contribution is -0.167. The quantitative estimate of drug-likeness (QED) is 0.0262. The number of hydrogen-bond donors (Lipinski definition) is 0. The van der Waals surface area contributed by atoms with Gasteiger partial charge in [-0.3, -0.25) is 14.4 Å². The Labute approximate surface area is 403 Å². The molecule has 0 radical (unpaired) electrons. The van der Waals surface area contributed by atoms with Crippen LogP contribution in [0.5, 0.6) is 0 Å². The predicted octanol–water partition coefficient (Wildman–Crippen LogP) is 18.7. The molecule has 0 spiro atoms. The molecule has 0 aliphatic heterocycles. The average Bonchev–Trinajstić information content (AvgIpc) is 3.30. The van der Waals surface area contributed by atoms with Crippen LogP contribution in [0.1, 0.15) is 290 Å². The van der Waals surface area contributed by atoms with Gasteiger partial charge in [0.05, 0.1) is 0 Å². The van der Waals surface area contributed by atoms with Crippen molar-refractivity contribution in [3.8, 4) is 0 Å². The summed E-state index contributed by atoms with van der Waals surface area (Å²) in [6.07, 6.45) is 65.2. The number of allylic oxidation sites excluding steroid dienone is 8. The zero-order valence-electron chi connectivity index (χ0n) is 43.3. The zero-order chi connectivity index (χ0) is 47.2. The third kappa shape index (κ3) is 52.2. The molecular formula is C59H106O6. The van der Waals surface area contributed by atoms with E-state index in [0.29, 0.717) is 19.3 Å². The van der Waals surface area contributed by atoms with E-state index in [4.69, 9.17) is 14.2 Å². The molecule has 0 saturated heterocycles. The van der Waals surface area contributed by atoms with Crippen LogP contribution in [0.3, 0.4) is 0 Å². The Balaban J connectivity index is 4.41. The van der Waals surface area contributed by atoms with Gasteiger partial charge in [-0.25, -0.2) is 0 Å². The van der Waals surface area contributed by atoms with E-state index in [1.165, 1.54) is 154 Å². The summed E-state index contributed by atoms with van der Waals surface area (Å²) in [7, 11) is 0. The molecular weight excluding hydrogens is 805 g/mol. The van der Waals surface area contributed by atoms with Gasteiger partial charge in [-0.1, -0.05) is 236 Å². The second-order valence-corrected chi connectivity index (χ2v) is 18.8. The monoisotopic (exact) mass is 911 g/mol. The van der Waals surface area contributed by atoms with Gasteiger partial charge < -0.3 is 14.2 Å². The molecule has 0 heterocycles. The SMILES string of the molecule is CCCCC/C=C\C/C=C\C/C=C\CCCCCCC(=O)OC[C@@H](COC(=O)CCCCCCCCCCCCCCCCC)OC(=O)CCCCCCC/C=C\CCCCCCCC. The number of ether oxygens (including phenoxy) is 3. The topological polar surface area (TPSA) is 78.9 Å². The molecule has 0 bridgehead atoms. The van der Waals surface area contributed by atoms with Gasteiger partial charge in [0.15, 0.2) is 6.10 Å². The van der Waals surface area contributed by atoms with Crippen LogP contribution in [0.15, 0.2) is 48.6 Å². The predicted molar refractivity (Wildman–Crippen MR) is 279 cm³/mol. The van der Waals surface area contributed by atoms with Gasteiger partial charge in [-0.2, -0.15) is 0 Å². The van der Waals surface area contributed by atoms with Crippen LogP contribution in [-0.4, -0.2) is 37.2 Å². The van der Waals surface area contributed by atoms with E-state index in [2.05, 4.69) is 69.4 Å². The maximum atomic E-state index is 12.8. The molecule has 1 atom stereocenters. The van der Waals surface area contributed by atoms with E-state index >= 15 is 0 Å². The van der Waals surface area contributed by atoms with E-state index in [1.807, 2.05) is 0 Å². The van der Waals surface area contributed by atoms with Gasteiger partial charge in [-0.15, -0.1) is 0 Å². The number of hydrogen-bond acceptors (Lipinski definition) is 6. The molecule has 0 aromatic carbocycles. The maximum absolute atomic E-state index is 12.8. The van der Waals surface area contributed by atoms with Gasteiger partial charge in [0.25, 0.3) is 0 Å². The number of unbranched alkanes of at least 4 members (excludes halogenated alkanes) is 32. The first-order valence-electron chi connectivity index (χ1n) is 28.1. The van der Waals surface area contributed by atoms with Gasteiger partial charge in [0.1, 0.15) is 13.2 Å². The molecule has 0 aromatic heterocycles. The molecule has 0 amide bonds. The Bertz CT molecular complexity index is 1140. The zero-order valence-corrected chi connectivity index (χ0v) is 43.3. The fourth-order valence-electron chi connectivity index (χ4n) is 8.03. The molecule has 378 valence electrons. The van der Waals surface area contributed by atoms with Crippen molar-refractivity contribution in [2.24, 2.45) is 0 Å². The maximum Gasteiger partial charge on any atom is 0.306 e. The summed E-state index contributed by atoms with van der Waals surface area (Å²) in [4.78, 5) is 38.1. The molecule has 0 fully saturated rings. The van der Waals surface area contributed by atoms with Crippen LogP contribution in [0, 0.1) is 0 Å². The summed E-state index contributed by atoms with van der Waals surface area (Å²) in [5.74, 6) is -0.899. The van der Waals surface area contributed by atoms with Crippen molar-refractivity contribution >= 4 is 17.9 Å².